The van der Waals surface area contributed by atoms with Gasteiger partial charge in [0.1, 0.15) is 11.5 Å². The zero-order valence-corrected chi connectivity index (χ0v) is 16.6. The minimum absolute atomic E-state index is 0.116. The Kier molecular flexibility index (Phi) is 4.90. The Morgan fingerprint density at radius 1 is 1.18 bits per heavy atom. The molecule has 1 fully saturated rings. The lowest BCUT2D eigenvalue weighted by Gasteiger charge is -2.33. The van der Waals surface area contributed by atoms with Crippen molar-refractivity contribution in [3.63, 3.8) is 0 Å². The van der Waals surface area contributed by atoms with Crippen molar-refractivity contribution in [1.82, 2.24) is 23.8 Å². The molecule has 4 heterocycles. The Morgan fingerprint density at radius 3 is 2.57 bits per heavy atom. The normalized spacial score (nSPS) is 15.9. The Hall–Kier alpha value is -2.72. The van der Waals surface area contributed by atoms with Gasteiger partial charge >= 0.3 is 0 Å². The maximum absolute atomic E-state index is 12.1. The molecule has 1 aliphatic heterocycles. The van der Waals surface area contributed by atoms with E-state index < -0.39 is 10.0 Å². The van der Waals surface area contributed by atoms with Crippen molar-refractivity contribution in [2.75, 3.05) is 36.8 Å². The molecule has 0 aliphatic carbocycles. The molecule has 3 aromatic rings. The molecule has 3 aromatic heterocycles. The molecule has 1 aliphatic rings. The predicted octanol–water partition coefficient (Wildman–Crippen LogP) is 1.61. The summed E-state index contributed by atoms with van der Waals surface area (Å²) in [6.07, 6.45) is 6.94. The number of hydrogen-bond donors (Lipinski definition) is 0. The van der Waals surface area contributed by atoms with Crippen LogP contribution in [0.25, 0.3) is 22.8 Å². The second kappa shape index (κ2) is 7.36. The van der Waals surface area contributed by atoms with Crippen LogP contribution in [0.5, 0.6) is 0 Å². The van der Waals surface area contributed by atoms with Crippen molar-refractivity contribution in [2.45, 2.75) is 6.92 Å². The lowest BCUT2D eigenvalue weighted by Crippen LogP contribution is -2.49. The third-order valence-corrected chi connectivity index (χ3v) is 6.75. The Labute approximate surface area is 163 Å². The Morgan fingerprint density at radius 2 is 1.96 bits per heavy atom. The van der Waals surface area contributed by atoms with Crippen molar-refractivity contribution in [3.05, 3.63) is 37.0 Å². The van der Waals surface area contributed by atoms with Gasteiger partial charge in [-0.25, -0.2) is 23.4 Å². The van der Waals surface area contributed by atoms with Gasteiger partial charge in [0.2, 0.25) is 16.0 Å². The molecule has 0 N–H and O–H groups in total. The van der Waals surface area contributed by atoms with Gasteiger partial charge in [0.05, 0.1) is 17.6 Å². The van der Waals surface area contributed by atoms with Crippen molar-refractivity contribution in [2.24, 2.45) is 7.05 Å². The molecule has 0 aromatic carbocycles. The number of nitrogens with zero attached hydrogens (tertiary/aromatic N) is 6. The van der Waals surface area contributed by atoms with Crippen molar-refractivity contribution < 1.29 is 12.8 Å². The summed E-state index contributed by atoms with van der Waals surface area (Å²) in [6, 6.07) is 3.66. The van der Waals surface area contributed by atoms with Crippen LogP contribution in [0.15, 0.2) is 41.4 Å². The molecule has 0 atom stereocenters. The second-order valence-electron chi connectivity index (χ2n) is 6.56. The first-order chi connectivity index (χ1) is 13.5. The number of anilines is 1. The average Bonchev–Trinajstić information content (AvgIpc) is 3.39. The van der Waals surface area contributed by atoms with Gasteiger partial charge in [-0.3, -0.25) is 0 Å². The number of hydrogen-bond acceptors (Lipinski definition) is 7. The first-order valence-electron chi connectivity index (χ1n) is 9.11. The van der Waals surface area contributed by atoms with E-state index in [1.165, 1.54) is 4.31 Å². The van der Waals surface area contributed by atoms with E-state index in [1.807, 2.05) is 34.8 Å². The average molecular weight is 402 g/mol. The largest absolute Gasteiger partial charge is 0.463 e. The Balaban J connectivity index is 1.65. The van der Waals surface area contributed by atoms with Gasteiger partial charge in [-0.1, -0.05) is 0 Å². The van der Waals surface area contributed by atoms with Crippen LogP contribution >= 0.6 is 0 Å². The maximum atomic E-state index is 12.1. The topological polar surface area (TPSA) is 97.4 Å². The van der Waals surface area contributed by atoms with Crippen LogP contribution in [0.3, 0.4) is 0 Å². The second-order valence-corrected chi connectivity index (χ2v) is 8.82. The van der Waals surface area contributed by atoms with Crippen LogP contribution in [-0.4, -0.2) is 64.2 Å². The first kappa shape index (κ1) is 18.6. The van der Waals surface area contributed by atoms with Crippen molar-refractivity contribution >= 4 is 16.0 Å². The van der Waals surface area contributed by atoms with E-state index in [0.717, 1.165) is 11.4 Å². The number of aromatic nitrogens is 4. The summed E-state index contributed by atoms with van der Waals surface area (Å²) in [5, 5.41) is 0. The van der Waals surface area contributed by atoms with Gasteiger partial charge in [-0.15, -0.1) is 0 Å². The first-order valence-corrected chi connectivity index (χ1v) is 10.7. The molecule has 1 saturated heterocycles. The summed E-state index contributed by atoms with van der Waals surface area (Å²) in [7, 11) is -1.26. The fraction of sp³-hybridized carbons (Fsp3) is 0.389. The van der Waals surface area contributed by atoms with E-state index >= 15 is 0 Å². The van der Waals surface area contributed by atoms with Crippen LogP contribution in [0.2, 0.25) is 0 Å². The summed E-state index contributed by atoms with van der Waals surface area (Å²) < 4.78 is 33.2. The van der Waals surface area contributed by atoms with Gasteiger partial charge in [0, 0.05) is 51.8 Å². The van der Waals surface area contributed by atoms with Crippen LogP contribution in [-0.2, 0) is 17.1 Å². The summed E-state index contributed by atoms with van der Waals surface area (Å²) in [5.74, 6) is 2.05. The third-order valence-electron chi connectivity index (χ3n) is 4.87. The quantitative estimate of drug-likeness (QED) is 0.639. The molecule has 148 valence electrons. The minimum Gasteiger partial charge on any atom is -0.463 e. The molecule has 0 radical (unpaired) electrons. The van der Waals surface area contributed by atoms with E-state index in [1.54, 1.807) is 25.6 Å². The Bertz CT molecular complexity index is 1050. The lowest BCUT2D eigenvalue weighted by atomic mass is 10.2. The monoisotopic (exact) mass is 402 g/mol. The number of sulfonamides is 1. The van der Waals surface area contributed by atoms with E-state index in [-0.39, 0.29) is 5.75 Å². The number of rotatable bonds is 5. The van der Waals surface area contributed by atoms with Gasteiger partial charge in [-0.05, 0) is 19.1 Å². The molecule has 28 heavy (non-hydrogen) atoms. The third kappa shape index (κ3) is 3.40. The molecule has 0 amide bonds. The molecule has 10 heteroatoms. The standard InChI is InChI=1S/C18H22N6O3S/c1-3-28(25,26)24-10-8-23(9-11-24)18-20-13-14(17-19-6-7-22(17)2)16(21-18)15-5-4-12-27-15/h4-7,12-13H,3,8-11H2,1-2H3. The van der Waals surface area contributed by atoms with E-state index in [0.29, 0.717) is 43.6 Å². The SMILES string of the molecule is CCS(=O)(=O)N1CCN(c2ncc(-c3nccn3C)c(-c3ccco3)n2)CC1. The summed E-state index contributed by atoms with van der Waals surface area (Å²) in [5.41, 5.74) is 1.44. The molecule has 0 saturated carbocycles. The zero-order valence-electron chi connectivity index (χ0n) is 15.8. The smallest absolute Gasteiger partial charge is 0.226 e. The van der Waals surface area contributed by atoms with Gasteiger partial charge < -0.3 is 13.9 Å². The zero-order chi connectivity index (χ0) is 19.7. The van der Waals surface area contributed by atoms with Crippen molar-refractivity contribution in [3.8, 4) is 22.8 Å². The highest BCUT2D eigenvalue weighted by Gasteiger charge is 2.27. The molecular formula is C18H22N6O3S. The maximum Gasteiger partial charge on any atom is 0.226 e. The lowest BCUT2D eigenvalue weighted by molar-refractivity contribution is 0.383. The van der Waals surface area contributed by atoms with Gasteiger partial charge in [-0.2, -0.15) is 4.31 Å². The number of aryl methyl sites for hydroxylation is 1. The molecule has 9 nitrogen and oxygen atoms in total. The summed E-state index contributed by atoms with van der Waals surface area (Å²) in [6.45, 7) is 3.60. The van der Waals surface area contributed by atoms with Crippen LogP contribution in [0.4, 0.5) is 5.95 Å². The molecule has 0 unspecified atom stereocenters. The molecule has 0 spiro atoms. The van der Waals surface area contributed by atoms with Crippen LogP contribution in [0, 0.1) is 0 Å². The van der Waals surface area contributed by atoms with Gasteiger partial charge in [0.25, 0.3) is 0 Å². The van der Waals surface area contributed by atoms with E-state index in [2.05, 4.69) is 9.97 Å². The number of furan rings is 1. The fourth-order valence-electron chi connectivity index (χ4n) is 3.26. The van der Waals surface area contributed by atoms with E-state index in [9.17, 15) is 8.42 Å². The van der Waals surface area contributed by atoms with Gasteiger partial charge in [0.15, 0.2) is 5.76 Å². The van der Waals surface area contributed by atoms with Crippen molar-refractivity contribution in [1.29, 1.82) is 0 Å². The summed E-state index contributed by atoms with van der Waals surface area (Å²) in [4.78, 5) is 15.7. The highest BCUT2D eigenvalue weighted by molar-refractivity contribution is 7.89. The predicted molar refractivity (Wildman–Crippen MR) is 105 cm³/mol. The molecular weight excluding hydrogens is 380 g/mol. The minimum atomic E-state index is -3.17. The van der Waals surface area contributed by atoms with Crippen LogP contribution < -0.4 is 4.90 Å². The highest BCUT2D eigenvalue weighted by Crippen LogP contribution is 2.30. The number of imidazole rings is 1. The van der Waals surface area contributed by atoms with E-state index in [4.69, 9.17) is 9.40 Å². The molecule has 4 rings (SSSR count). The highest BCUT2D eigenvalue weighted by atomic mass is 32.2. The molecule has 0 bridgehead atoms. The van der Waals surface area contributed by atoms with Crippen LogP contribution in [0.1, 0.15) is 6.92 Å². The fourth-order valence-corrected chi connectivity index (χ4v) is 4.35. The number of piperazine rings is 1. The summed E-state index contributed by atoms with van der Waals surface area (Å²) >= 11 is 0.